The predicted octanol–water partition coefficient (Wildman–Crippen LogP) is -0.388. The van der Waals surface area contributed by atoms with Crippen LogP contribution in [0, 0.1) is 0 Å². The number of ether oxygens (including phenoxy) is 4. The summed E-state index contributed by atoms with van der Waals surface area (Å²) in [4.78, 5) is 44.7. The molecule has 1 heterocycles. The van der Waals surface area contributed by atoms with Gasteiger partial charge in [-0.15, -0.1) is 0 Å². The number of esters is 3. The van der Waals surface area contributed by atoms with E-state index in [1.807, 2.05) is 0 Å². The number of hydrogen-bond donors (Lipinski definition) is 1. The molecule has 136 valence electrons. The fourth-order valence-electron chi connectivity index (χ4n) is 2.21. The molecule has 0 aliphatic carbocycles. The molecule has 24 heavy (non-hydrogen) atoms. The number of alkyl halides is 1. The van der Waals surface area contributed by atoms with E-state index in [4.69, 9.17) is 18.9 Å². The van der Waals surface area contributed by atoms with Crippen molar-refractivity contribution in [3.8, 4) is 0 Å². The molecule has 1 rings (SSSR count). The molecular weight excluding hydrogens is 329 g/mol. The van der Waals surface area contributed by atoms with Gasteiger partial charge in [-0.1, -0.05) is 0 Å². The van der Waals surface area contributed by atoms with Crippen molar-refractivity contribution >= 4 is 23.8 Å². The number of carbonyl (C=O) groups excluding carboxylic acids is 4. The van der Waals surface area contributed by atoms with Crippen LogP contribution >= 0.6 is 0 Å². The van der Waals surface area contributed by atoms with Crippen LogP contribution in [0.2, 0.25) is 0 Å². The summed E-state index contributed by atoms with van der Waals surface area (Å²) in [5.74, 6) is -2.78. The molecule has 9 nitrogen and oxygen atoms in total. The third-order valence-electron chi connectivity index (χ3n) is 3.03. The van der Waals surface area contributed by atoms with E-state index in [1.165, 1.54) is 0 Å². The number of amides is 1. The van der Waals surface area contributed by atoms with E-state index in [2.05, 4.69) is 5.32 Å². The molecule has 1 amide bonds. The first-order valence-corrected chi connectivity index (χ1v) is 7.16. The van der Waals surface area contributed by atoms with Crippen LogP contribution in [0.5, 0.6) is 0 Å². The molecular formula is C14H20FNO8. The second-order valence-corrected chi connectivity index (χ2v) is 5.20. The maximum atomic E-state index is 14.6. The summed E-state index contributed by atoms with van der Waals surface area (Å²) < 4.78 is 34.5. The van der Waals surface area contributed by atoms with Crippen LogP contribution in [0.3, 0.4) is 0 Å². The lowest BCUT2D eigenvalue weighted by molar-refractivity contribution is -0.256. The molecule has 0 saturated carbocycles. The SMILES string of the molecule is CC(=O)N[C@H]1[C@@H](OC(C)=O)O[C@H](COC(C)=O)[C@H](F)[C@@H]1OC(C)=O. The minimum absolute atomic E-state index is 0.473. The van der Waals surface area contributed by atoms with Gasteiger partial charge in [-0.2, -0.15) is 0 Å². The van der Waals surface area contributed by atoms with Crippen LogP contribution < -0.4 is 5.32 Å². The Balaban J connectivity index is 3.07. The van der Waals surface area contributed by atoms with Crippen molar-refractivity contribution in [1.82, 2.24) is 5.32 Å². The van der Waals surface area contributed by atoms with Crippen molar-refractivity contribution in [3.05, 3.63) is 0 Å². The van der Waals surface area contributed by atoms with Gasteiger partial charge in [0.05, 0.1) is 0 Å². The molecule has 0 spiro atoms. The highest BCUT2D eigenvalue weighted by Gasteiger charge is 2.50. The zero-order valence-corrected chi connectivity index (χ0v) is 13.7. The van der Waals surface area contributed by atoms with Gasteiger partial charge in [0.15, 0.2) is 12.3 Å². The Bertz CT molecular complexity index is 511. The van der Waals surface area contributed by atoms with E-state index < -0.39 is 61.1 Å². The van der Waals surface area contributed by atoms with Crippen LogP contribution in [-0.4, -0.2) is 61.1 Å². The topological polar surface area (TPSA) is 117 Å². The van der Waals surface area contributed by atoms with E-state index in [0.29, 0.717) is 0 Å². The standard InChI is InChI=1S/C14H20FNO8/c1-6(17)16-12-13(22-8(3)19)11(15)10(5-21-7(2)18)24-14(12)23-9(4)20/h10-14H,5H2,1-4H3,(H,16,17)/t10-,11+,12-,13+,14+/m1/s1. The van der Waals surface area contributed by atoms with Crippen LogP contribution in [0.4, 0.5) is 4.39 Å². The summed E-state index contributed by atoms with van der Waals surface area (Å²) in [6, 6.07) is -1.25. The summed E-state index contributed by atoms with van der Waals surface area (Å²) in [5.41, 5.74) is 0. The van der Waals surface area contributed by atoms with Gasteiger partial charge < -0.3 is 24.3 Å². The van der Waals surface area contributed by atoms with Crippen LogP contribution in [0.1, 0.15) is 27.7 Å². The summed E-state index contributed by atoms with van der Waals surface area (Å²) in [7, 11) is 0. The summed E-state index contributed by atoms with van der Waals surface area (Å²) in [6.07, 6.45) is -6.15. The molecule has 10 heteroatoms. The molecule has 0 aromatic heterocycles. The monoisotopic (exact) mass is 349 g/mol. The van der Waals surface area contributed by atoms with Gasteiger partial charge in [0.2, 0.25) is 12.2 Å². The first kappa shape index (κ1) is 19.8. The fourth-order valence-corrected chi connectivity index (χ4v) is 2.21. The highest BCUT2D eigenvalue weighted by molar-refractivity contribution is 5.74. The highest BCUT2D eigenvalue weighted by atomic mass is 19.1. The summed E-state index contributed by atoms with van der Waals surface area (Å²) >= 11 is 0. The van der Waals surface area contributed by atoms with E-state index >= 15 is 0 Å². The smallest absolute Gasteiger partial charge is 0.305 e. The molecule has 0 unspecified atom stereocenters. The molecule has 0 aromatic rings. The van der Waals surface area contributed by atoms with Gasteiger partial charge in [-0.3, -0.25) is 19.2 Å². The van der Waals surface area contributed by atoms with E-state index in [9.17, 15) is 23.6 Å². The third-order valence-corrected chi connectivity index (χ3v) is 3.03. The second kappa shape index (κ2) is 8.57. The average molecular weight is 349 g/mol. The number of nitrogens with one attached hydrogen (secondary N) is 1. The average Bonchev–Trinajstić information content (AvgIpc) is 2.42. The number of rotatable bonds is 5. The van der Waals surface area contributed by atoms with Gasteiger partial charge >= 0.3 is 17.9 Å². The largest absolute Gasteiger partial charge is 0.463 e. The predicted molar refractivity (Wildman–Crippen MR) is 75.1 cm³/mol. The number of halogens is 1. The Morgan fingerprint density at radius 2 is 1.58 bits per heavy atom. The van der Waals surface area contributed by atoms with Gasteiger partial charge in [0.25, 0.3) is 0 Å². The van der Waals surface area contributed by atoms with Gasteiger partial charge in [-0.05, 0) is 0 Å². The molecule has 5 atom stereocenters. The molecule has 0 bridgehead atoms. The fraction of sp³-hybridized carbons (Fsp3) is 0.714. The van der Waals surface area contributed by atoms with Gasteiger partial charge in [0, 0.05) is 27.7 Å². The molecule has 0 aromatic carbocycles. The Labute approximate surface area is 137 Å². The molecule has 1 fully saturated rings. The van der Waals surface area contributed by atoms with Crippen molar-refractivity contribution in [3.63, 3.8) is 0 Å². The van der Waals surface area contributed by atoms with Crippen LogP contribution in [0.25, 0.3) is 0 Å². The Morgan fingerprint density at radius 3 is 2.04 bits per heavy atom. The van der Waals surface area contributed by atoms with Crippen molar-refractivity contribution in [2.75, 3.05) is 6.61 Å². The Kier molecular flexibility index (Phi) is 7.08. The van der Waals surface area contributed by atoms with Crippen LogP contribution in [0.15, 0.2) is 0 Å². The molecule has 1 aliphatic heterocycles. The summed E-state index contributed by atoms with van der Waals surface area (Å²) in [5, 5.41) is 2.34. The van der Waals surface area contributed by atoms with Crippen molar-refractivity contribution in [2.24, 2.45) is 0 Å². The first-order chi connectivity index (χ1) is 11.1. The molecule has 0 radical (unpaired) electrons. The Hall–Kier alpha value is -2.23. The molecule has 1 saturated heterocycles. The zero-order valence-electron chi connectivity index (χ0n) is 13.7. The first-order valence-electron chi connectivity index (χ1n) is 7.16. The van der Waals surface area contributed by atoms with E-state index in [1.54, 1.807) is 0 Å². The minimum Gasteiger partial charge on any atom is -0.463 e. The van der Waals surface area contributed by atoms with E-state index in [0.717, 1.165) is 27.7 Å². The lowest BCUT2D eigenvalue weighted by Gasteiger charge is -2.42. The third kappa shape index (κ3) is 5.76. The number of hydrogen-bond acceptors (Lipinski definition) is 8. The van der Waals surface area contributed by atoms with Crippen LogP contribution in [-0.2, 0) is 38.1 Å². The zero-order chi connectivity index (χ0) is 18.4. The molecule has 1 aliphatic rings. The highest BCUT2D eigenvalue weighted by Crippen LogP contribution is 2.27. The van der Waals surface area contributed by atoms with Crippen molar-refractivity contribution in [1.29, 1.82) is 0 Å². The van der Waals surface area contributed by atoms with Crippen molar-refractivity contribution in [2.45, 2.75) is 58.4 Å². The van der Waals surface area contributed by atoms with Gasteiger partial charge in [0.1, 0.15) is 18.8 Å². The maximum absolute atomic E-state index is 14.6. The Morgan fingerprint density at radius 1 is 1.00 bits per heavy atom. The second-order valence-electron chi connectivity index (χ2n) is 5.20. The number of carbonyl (C=O) groups is 4. The quantitative estimate of drug-likeness (QED) is 0.527. The van der Waals surface area contributed by atoms with E-state index in [-0.39, 0.29) is 0 Å². The molecule has 1 N–H and O–H groups in total. The lowest BCUT2D eigenvalue weighted by atomic mass is 9.97. The summed E-state index contributed by atoms with van der Waals surface area (Å²) in [6.45, 7) is 3.97. The minimum atomic E-state index is -1.92. The van der Waals surface area contributed by atoms with Gasteiger partial charge in [-0.25, -0.2) is 4.39 Å². The normalized spacial score (nSPS) is 29.3. The van der Waals surface area contributed by atoms with Crippen molar-refractivity contribution < 1.29 is 42.5 Å². The maximum Gasteiger partial charge on any atom is 0.305 e. The lowest BCUT2D eigenvalue weighted by Crippen LogP contribution is -2.64.